The summed E-state index contributed by atoms with van der Waals surface area (Å²) < 4.78 is 6.93. The predicted octanol–water partition coefficient (Wildman–Crippen LogP) is 0.351. The van der Waals surface area contributed by atoms with Crippen molar-refractivity contribution in [2.24, 2.45) is 5.92 Å². The van der Waals surface area contributed by atoms with Gasteiger partial charge in [0.25, 0.3) is 0 Å². The summed E-state index contributed by atoms with van der Waals surface area (Å²) >= 11 is 0. The van der Waals surface area contributed by atoms with Crippen molar-refractivity contribution in [2.45, 2.75) is 38.9 Å². The molecular formula is C17H29N5O2. The first kappa shape index (κ1) is 17.4. The molecule has 1 fully saturated rings. The molecule has 0 radical (unpaired) electrons. The van der Waals surface area contributed by atoms with Gasteiger partial charge in [0, 0.05) is 33.3 Å². The van der Waals surface area contributed by atoms with E-state index in [1.807, 2.05) is 0 Å². The molecule has 2 aliphatic rings. The van der Waals surface area contributed by atoms with E-state index in [-0.39, 0.29) is 12.5 Å². The summed E-state index contributed by atoms with van der Waals surface area (Å²) in [4.78, 5) is 14.1. The lowest BCUT2D eigenvalue weighted by Crippen LogP contribution is -2.38. The van der Waals surface area contributed by atoms with Crippen molar-refractivity contribution >= 4 is 5.91 Å². The largest absolute Gasteiger partial charge is 0.375 e. The number of methoxy groups -OCH3 is 1. The van der Waals surface area contributed by atoms with Crippen molar-refractivity contribution in [1.82, 2.24) is 25.3 Å². The van der Waals surface area contributed by atoms with E-state index in [0.717, 1.165) is 50.8 Å². The first-order valence-corrected chi connectivity index (χ1v) is 8.99. The fourth-order valence-electron chi connectivity index (χ4n) is 3.65. The zero-order valence-electron chi connectivity index (χ0n) is 14.6. The van der Waals surface area contributed by atoms with Crippen molar-refractivity contribution in [1.29, 1.82) is 0 Å². The maximum Gasteiger partial charge on any atom is 0.246 e. The molecule has 1 amide bonds. The standard InChI is InChI=1S/C17H29N5O2/c1-24-13-17(23)19-10-15-8-16-12-21(6-3-7-22(16)20-15)11-14-4-2-5-18-9-14/h8,14,18H,2-7,9-13H2,1H3,(H,19,23)/t14-/m1/s1. The molecule has 0 bridgehead atoms. The minimum Gasteiger partial charge on any atom is -0.375 e. The summed E-state index contributed by atoms with van der Waals surface area (Å²) in [5.74, 6) is 0.660. The van der Waals surface area contributed by atoms with Gasteiger partial charge < -0.3 is 15.4 Å². The highest BCUT2D eigenvalue weighted by atomic mass is 16.5. The number of fused-ring (bicyclic) bond motifs is 1. The Morgan fingerprint density at radius 1 is 1.46 bits per heavy atom. The summed E-state index contributed by atoms with van der Waals surface area (Å²) in [5, 5.41) is 11.0. The average Bonchev–Trinajstić information content (AvgIpc) is 2.86. The van der Waals surface area contributed by atoms with Gasteiger partial charge in [0.1, 0.15) is 6.61 Å². The molecule has 1 atom stereocenters. The highest BCUT2D eigenvalue weighted by molar-refractivity contribution is 5.77. The van der Waals surface area contributed by atoms with Gasteiger partial charge in [-0.2, -0.15) is 5.10 Å². The van der Waals surface area contributed by atoms with Crippen molar-refractivity contribution in [3.63, 3.8) is 0 Å². The highest BCUT2D eigenvalue weighted by Gasteiger charge is 2.21. The highest BCUT2D eigenvalue weighted by Crippen LogP contribution is 2.18. The van der Waals surface area contributed by atoms with Crippen LogP contribution in [0.5, 0.6) is 0 Å². The number of nitrogens with one attached hydrogen (secondary N) is 2. The summed E-state index contributed by atoms with van der Waals surface area (Å²) in [5.41, 5.74) is 2.18. The van der Waals surface area contributed by atoms with E-state index in [9.17, 15) is 4.79 Å². The second-order valence-corrected chi connectivity index (χ2v) is 6.86. The van der Waals surface area contributed by atoms with E-state index in [1.54, 1.807) is 0 Å². The molecule has 1 aromatic heterocycles. The number of hydrogen-bond acceptors (Lipinski definition) is 5. The van der Waals surface area contributed by atoms with Crippen LogP contribution in [-0.4, -0.2) is 60.5 Å². The lowest BCUT2D eigenvalue weighted by Gasteiger charge is -2.29. The topological polar surface area (TPSA) is 71.4 Å². The molecule has 0 aliphatic carbocycles. The van der Waals surface area contributed by atoms with Crippen LogP contribution >= 0.6 is 0 Å². The number of carbonyl (C=O) groups is 1. The zero-order chi connectivity index (χ0) is 16.8. The van der Waals surface area contributed by atoms with Crippen molar-refractivity contribution in [3.05, 3.63) is 17.5 Å². The van der Waals surface area contributed by atoms with E-state index < -0.39 is 0 Å². The molecular weight excluding hydrogens is 306 g/mol. The summed E-state index contributed by atoms with van der Waals surface area (Å²) in [6.07, 6.45) is 3.76. The maximum absolute atomic E-state index is 11.5. The number of amides is 1. The van der Waals surface area contributed by atoms with Crippen LogP contribution in [0, 0.1) is 5.92 Å². The predicted molar refractivity (Wildman–Crippen MR) is 91.4 cm³/mol. The van der Waals surface area contributed by atoms with Gasteiger partial charge in [-0.1, -0.05) is 0 Å². The van der Waals surface area contributed by atoms with Crippen LogP contribution in [0.1, 0.15) is 30.7 Å². The number of hydrogen-bond donors (Lipinski definition) is 2. The van der Waals surface area contributed by atoms with Crippen LogP contribution in [0.3, 0.4) is 0 Å². The Hall–Kier alpha value is -1.44. The van der Waals surface area contributed by atoms with Gasteiger partial charge >= 0.3 is 0 Å². The third kappa shape index (κ3) is 4.78. The number of nitrogens with zero attached hydrogens (tertiary/aromatic N) is 3. The Balaban J connectivity index is 1.55. The van der Waals surface area contributed by atoms with Gasteiger partial charge in [-0.15, -0.1) is 0 Å². The number of aromatic nitrogens is 2. The van der Waals surface area contributed by atoms with Crippen LogP contribution in [0.25, 0.3) is 0 Å². The molecule has 3 rings (SSSR count). The fourth-order valence-corrected chi connectivity index (χ4v) is 3.65. The van der Waals surface area contributed by atoms with Crippen LogP contribution in [0.4, 0.5) is 0 Å². The van der Waals surface area contributed by atoms with Crippen molar-refractivity contribution in [3.8, 4) is 0 Å². The second-order valence-electron chi connectivity index (χ2n) is 6.86. The third-order valence-corrected chi connectivity index (χ3v) is 4.80. The van der Waals surface area contributed by atoms with Gasteiger partial charge in [0.05, 0.1) is 17.9 Å². The van der Waals surface area contributed by atoms with Crippen molar-refractivity contribution < 1.29 is 9.53 Å². The summed E-state index contributed by atoms with van der Waals surface area (Å²) in [6, 6.07) is 2.13. The van der Waals surface area contributed by atoms with Gasteiger partial charge in [-0.05, 0) is 44.3 Å². The van der Waals surface area contributed by atoms with Crippen LogP contribution in [0.15, 0.2) is 6.07 Å². The van der Waals surface area contributed by atoms with E-state index in [0.29, 0.717) is 6.54 Å². The van der Waals surface area contributed by atoms with Crippen LogP contribution < -0.4 is 10.6 Å². The molecule has 7 heteroatoms. The lowest BCUT2D eigenvalue weighted by molar-refractivity contribution is -0.124. The van der Waals surface area contributed by atoms with Gasteiger partial charge in [-0.3, -0.25) is 14.4 Å². The second kappa shape index (κ2) is 8.60. The van der Waals surface area contributed by atoms with Crippen molar-refractivity contribution in [2.75, 3.05) is 39.9 Å². The molecule has 24 heavy (non-hydrogen) atoms. The SMILES string of the molecule is COCC(=O)NCc1cc2n(n1)CCCN(C[C@@H]1CCCNC1)C2. The quantitative estimate of drug-likeness (QED) is 0.785. The average molecular weight is 335 g/mol. The van der Waals surface area contributed by atoms with E-state index >= 15 is 0 Å². The third-order valence-electron chi connectivity index (χ3n) is 4.80. The van der Waals surface area contributed by atoms with Gasteiger partial charge in [0.2, 0.25) is 5.91 Å². The minimum absolute atomic E-state index is 0.0940. The van der Waals surface area contributed by atoms with Gasteiger partial charge in [0.15, 0.2) is 0 Å². The molecule has 2 aliphatic heterocycles. The summed E-state index contributed by atoms with van der Waals surface area (Å²) in [7, 11) is 1.52. The number of carbonyl (C=O) groups excluding carboxylic acids is 1. The Labute approximate surface area is 143 Å². The molecule has 134 valence electrons. The number of ether oxygens (including phenoxy) is 1. The Morgan fingerprint density at radius 2 is 2.38 bits per heavy atom. The molecule has 1 saturated heterocycles. The van der Waals surface area contributed by atoms with Crippen LogP contribution in [0.2, 0.25) is 0 Å². The smallest absolute Gasteiger partial charge is 0.246 e. The molecule has 0 unspecified atom stereocenters. The molecule has 0 aromatic carbocycles. The first-order valence-electron chi connectivity index (χ1n) is 8.99. The fraction of sp³-hybridized carbons (Fsp3) is 0.765. The van der Waals surface area contributed by atoms with Gasteiger partial charge in [-0.25, -0.2) is 0 Å². The molecule has 3 heterocycles. The zero-order valence-corrected chi connectivity index (χ0v) is 14.6. The molecule has 1 aromatic rings. The number of rotatable bonds is 6. The van der Waals surface area contributed by atoms with E-state index in [2.05, 4.69) is 31.4 Å². The molecule has 0 spiro atoms. The monoisotopic (exact) mass is 335 g/mol. The van der Waals surface area contributed by atoms with Crippen LogP contribution in [-0.2, 0) is 29.2 Å². The molecule has 2 N–H and O–H groups in total. The first-order chi connectivity index (χ1) is 11.7. The maximum atomic E-state index is 11.5. The minimum atomic E-state index is -0.105. The van der Waals surface area contributed by atoms with E-state index in [4.69, 9.17) is 4.74 Å². The Morgan fingerprint density at radius 3 is 3.17 bits per heavy atom. The molecule has 0 saturated carbocycles. The number of aryl methyl sites for hydroxylation is 1. The summed E-state index contributed by atoms with van der Waals surface area (Å²) in [6.45, 7) is 7.09. The molecule has 7 nitrogen and oxygen atoms in total. The van der Waals surface area contributed by atoms with E-state index in [1.165, 1.54) is 32.2 Å². The Bertz CT molecular complexity index is 539. The Kier molecular flexibility index (Phi) is 6.23. The normalized spacial score (nSPS) is 22.0. The lowest BCUT2D eigenvalue weighted by atomic mass is 9.99. The number of piperidine rings is 1.